The van der Waals surface area contributed by atoms with Crippen LogP contribution in [0.3, 0.4) is 0 Å². The number of hydrogen-bond donors (Lipinski definition) is 1. The molecule has 0 aromatic heterocycles. The minimum absolute atomic E-state index is 0.177. The van der Waals surface area contributed by atoms with E-state index in [1.165, 1.54) is 12.8 Å². The van der Waals surface area contributed by atoms with Gasteiger partial charge in [0.25, 0.3) is 0 Å². The smallest absolute Gasteiger partial charge is 0.176 e. The Morgan fingerprint density at radius 2 is 2.28 bits per heavy atom. The fourth-order valence-corrected chi connectivity index (χ4v) is 2.54. The van der Waals surface area contributed by atoms with Crippen molar-refractivity contribution in [2.45, 2.75) is 26.7 Å². The van der Waals surface area contributed by atoms with Gasteiger partial charge in [-0.15, -0.1) is 0 Å². The van der Waals surface area contributed by atoms with Crippen LogP contribution >= 0.6 is 0 Å². The summed E-state index contributed by atoms with van der Waals surface area (Å²) >= 11 is 0. The Hall–Kier alpha value is -1.35. The first-order chi connectivity index (χ1) is 8.56. The van der Waals surface area contributed by atoms with E-state index in [0.29, 0.717) is 18.2 Å². The summed E-state index contributed by atoms with van der Waals surface area (Å²) in [6.07, 6.45) is 2.48. The number of piperidine rings is 1. The highest BCUT2D eigenvalue weighted by Gasteiger charge is 2.19. The Morgan fingerprint density at radius 3 is 2.94 bits per heavy atom. The van der Waals surface area contributed by atoms with Gasteiger partial charge in [0.1, 0.15) is 0 Å². The molecule has 0 radical (unpaired) electrons. The summed E-state index contributed by atoms with van der Waals surface area (Å²) in [6.45, 7) is 6.80. The average Bonchev–Trinajstić information content (AvgIpc) is 2.32. The number of nitrogens with two attached hydrogens (primary N) is 1. The molecule has 0 saturated carbocycles. The first-order valence-corrected chi connectivity index (χ1v) is 6.68. The van der Waals surface area contributed by atoms with Crippen LogP contribution in [-0.2, 0) is 0 Å². The van der Waals surface area contributed by atoms with Crippen LogP contribution < -0.4 is 5.73 Å². The van der Waals surface area contributed by atoms with Crippen molar-refractivity contribution in [1.29, 1.82) is 0 Å². The van der Waals surface area contributed by atoms with Gasteiger partial charge in [0.2, 0.25) is 0 Å². The molecule has 18 heavy (non-hydrogen) atoms. The third-order valence-electron chi connectivity index (χ3n) is 3.71. The van der Waals surface area contributed by atoms with Crippen LogP contribution in [0.5, 0.6) is 0 Å². The van der Waals surface area contributed by atoms with E-state index in [1.807, 2.05) is 19.1 Å². The van der Waals surface area contributed by atoms with Gasteiger partial charge in [-0.25, -0.2) is 0 Å². The molecule has 1 aliphatic rings. The van der Waals surface area contributed by atoms with Gasteiger partial charge in [-0.1, -0.05) is 19.1 Å². The highest BCUT2D eigenvalue weighted by molar-refractivity contribution is 5.98. The van der Waals surface area contributed by atoms with Crippen molar-refractivity contribution in [2.75, 3.05) is 25.4 Å². The highest BCUT2D eigenvalue weighted by atomic mass is 16.1. The molecule has 0 spiro atoms. The molecule has 1 atom stereocenters. The average molecular weight is 246 g/mol. The molecule has 2 N–H and O–H groups in total. The van der Waals surface area contributed by atoms with Crippen LogP contribution in [0.15, 0.2) is 18.2 Å². The van der Waals surface area contributed by atoms with E-state index in [1.54, 1.807) is 6.07 Å². The van der Waals surface area contributed by atoms with Gasteiger partial charge in [0.05, 0.1) is 6.54 Å². The Labute approximate surface area is 109 Å². The molecule has 3 nitrogen and oxygen atoms in total. The number of rotatable bonds is 3. The van der Waals surface area contributed by atoms with Gasteiger partial charge in [-0.3, -0.25) is 9.69 Å². The number of anilines is 1. The number of carbonyl (C=O) groups excluding carboxylic acids is 1. The Morgan fingerprint density at radius 1 is 1.50 bits per heavy atom. The van der Waals surface area contributed by atoms with Crippen LogP contribution in [0, 0.1) is 12.8 Å². The molecule has 0 aliphatic carbocycles. The van der Waals surface area contributed by atoms with Crippen LogP contribution in [-0.4, -0.2) is 30.3 Å². The Bertz CT molecular complexity index is 442. The third kappa shape index (κ3) is 3.10. The molecule has 1 fully saturated rings. The van der Waals surface area contributed by atoms with Crippen molar-refractivity contribution in [2.24, 2.45) is 5.92 Å². The van der Waals surface area contributed by atoms with E-state index in [-0.39, 0.29) is 5.78 Å². The minimum Gasteiger partial charge on any atom is -0.398 e. The topological polar surface area (TPSA) is 46.3 Å². The second kappa shape index (κ2) is 5.53. The molecule has 1 aromatic rings. The molecule has 1 aromatic carbocycles. The minimum atomic E-state index is 0.177. The Balaban J connectivity index is 2.00. The molecule has 98 valence electrons. The summed E-state index contributed by atoms with van der Waals surface area (Å²) in [5.74, 6) is 0.880. The summed E-state index contributed by atoms with van der Waals surface area (Å²) in [4.78, 5) is 14.4. The predicted octanol–water partition coefficient (Wildman–Crippen LogP) is 2.49. The number of nitrogen functional groups attached to an aromatic ring is 1. The summed E-state index contributed by atoms with van der Waals surface area (Å²) < 4.78 is 0. The monoisotopic (exact) mass is 246 g/mol. The van der Waals surface area contributed by atoms with Gasteiger partial charge in [-0.05, 0) is 43.9 Å². The number of hydrogen-bond acceptors (Lipinski definition) is 3. The van der Waals surface area contributed by atoms with Crippen molar-refractivity contribution in [3.63, 3.8) is 0 Å². The van der Waals surface area contributed by atoms with Crippen LogP contribution in [0.4, 0.5) is 5.69 Å². The number of carbonyl (C=O) groups is 1. The maximum atomic E-state index is 12.2. The summed E-state index contributed by atoms with van der Waals surface area (Å²) in [5.41, 5.74) is 8.31. The van der Waals surface area contributed by atoms with E-state index < -0.39 is 0 Å². The summed E-state index contributed by atoms with van der Waals surface area (Å²) in [7, 11) is 0. The second-order valence-corrected chi connectivity index (χ2v) is 5.48. The lowest BCUT2D eigenvalue weighted by Gasteiger charge is -2.30. The molecule has 2 rings (SSSR count). The van der Waals surface area contributed by atoms with Gasteiger partial charge < -0.3 is 5.73 Å². The first-order valence-electron chi connectivity index (χ1n) is 6.68. The number of Topliss-reactive ketones (excluding diaryl/α,β-unsaturated/α-hetero) is 1. The summed E-state index contributed by atoms with van der Waals surface area (Å²) in [6, 6.07) is 5.59. The number of likely N-dealkylation sites (tertiary alicyclic amines) is 1. The Kier molecular flexibility index (Phi) is 4.02. The number of benzene rings is 1. The fraction of sp³-hybridized carbons (Fsp3) is 0.533. The second-order valence-electron chi connectivity index (χ2n) is 5.48. The van der Waals surface area contributed by atoms with Crippen LogP contribution in [0.25, 0.3) is 0 Å². The largest absolute Gasteiger partial charge is 0.398 e. The summed E-state index contributed by atoms with van der Waals surface area (Å²) in [5, 5.41) is 0. The fourth-order valence-electron chi connectivity index (χ4n) is 2.54. The molecule has 0 amide bonds. The molecule has 1 saturated heterocycles. The van der Waals surface area contributed by atoms with Crippen molar-refractivity contribution < 1.29 is 4.79 Å². The normalized spacial score (nSPS) is 20.9. The molecule has 0 bridgehead atoms. The maximum Gasteiger partial charge on any atom is 0.176 e. The first kappa shape index (κ1) is 13.1. The van der Waals surface area contributed by atoms with Crippen molar-refractivity contribution in [3.8, 4) is 0 Å². The molecular weight excluding hydrogens is 224 g/mol. The van der Waals surface area contributed by atoms with E-state index >= 15 is 0 Å². The van der Waals surface area contributed by atoms with Crippen LogP contribution in [0.2, 0.25) is 0 Å². The van der Waals surface area contributed by atoms with Crippen molar-refractivity contribution >= 4 is 11.5 Å². The van der Waals surface area contributed by atoms with Crippen molar-refractivity contribution in [1.82, 2.24) is 4.90 Å². The van der Waals surface area contributed by atoms with Crippen LogP contribution in [0.1, 0.15) is 35.7 Å². The van der Waals surface area contributed by atoms with E-state index in [0.717, 1.165) is 24.2 Å². The number of ketones is 1. The predicted molar refractivity (Wildman–Crippen MR) is 74.8 cm³/mol. The molecule has 1 aliphatic heterocycles. The molecule has 1 unspecified atom stereocenters. The van der Waals surface area contributed by atoms with Crippen molar-refractivity contribution in [3.05, 3.63) is 29.3 Å². The third-order valence-corrected chi connectivity index (χ3v) is 3.71. The van der Waals surface area contributed by atoms with E-state index in [9.17, 15) is 4.79 Å². The van der Waals surface area contributed by atoms with Gasteiger partial charge in [0.15, 0.2) is 5.78 Å². The lowest BCUT2D eigenvalue weighted by molar-refractivity contribution is 0.0893. The SMILES string of the molecule is Cc1ccc(C(=O)CN2CCCC(C)C2)cc1N. The zero-order valence-electron chi connectivity index (χ0n) is 11.3. The number of nitrogens with zero attached hydrogens (tertiary/aromatic N) is 1. The zero-order chi connectivity index (χ0) is 13.1. The quantitative estimate of drug-likeness (QED) is 0.658. The molecule has 1 heterocycles. The van der Waals surface area contributed by atoms with E-state index in [4.69, 9.17) is 5.73 Å². The number of aryl methyl sites for hydroxylation is 1. The van der Waals surface area contributed by atoms with Gasteiger partial charge in [0, 0.05) is 17.8 Å². The lowest BCUT2D eigenvalue weighted by atomic mass is 9.99. The lowest BCUT2D eigenvalue weighted by Crippen LogP contribution is -2.38. The van der Waals surface area contributed by atoms with E-state index in [2.05, 4.69) is 11.8 Å². The van der Waals surface area contributed by atoms with Gasteiger partial charge >= 0.3 is 0 Å². The molecular formula is C15H22N2O. The van der Waals surface area contributed by atoms with Gasteiger partial charge in [-0.2, -0.15) is 0 Å². The standard InChI is InChI=1S/C15H22N2O/c1-11-4-3-7-17(9-11)10-15(18)13-6-5-12(2)14(16)8-13/h5-6,8,11H,3-4,7,9-10,16H2,1-2H3. The highest BCUT2D eigenvalue weighted by Crippen LogP contribution is 2.17. The maximum absolute atomic E-state index is 12.2. The molecule has 3 heteroatoms. The zero-order valence-corrected chi connectivity index (χ0v) is 11.3.